The first kappa shape index (κ1) is 21.2. The van der Waals surface area contributed by atoms with Crippen molar-refractivity contribution in [3.05, 3.63) is 69.7 Å². The number of nitrogens with one attached hydrogen (secondary N) is 1. The van der Waals surface area contributed by atoms with Crippen LogP contribution in [0.15, 0.2) is 30.6 Å². The highest BCUT2D eigenvalue weighted by Gasteiger charge is 2.30. The molecule has 2 atom stereocenters. The molecule has 0 unspecified atom stereocenters. The van der Waals surface area contributed by atoms with E-state index in [0.29, 0.717) is 36.6 Å². The average molecular weight is 444 g/mol. The molecule has 1 fully saturated rings. The SMILES string of the molecule is Cc1cc(-n2ncc(CN3C[C@@H](c4ccc5c(c4C)COC5=O)N[C@@H](N)C3)n2)ncc1C#N. The van der Waals surface area contributed by atoms with Crippen molar-refractivity contribution < 1.29 is 9.53 Å². The molecule has 3 aromatic rings. The van der Waals surface area contributed by atoms with Gasteiger partial charge in [-0.2, -0.15) is 15.5 Å². The van der Waals surface area contributed by atoms with Gasteiger partial charge < -0.3 is 10.5 Å². The van der Waals surface area contributed by atoms with E-state index in [2.05, 4.69) is 31.5 Å². The van der Waals surface area contributed by atoms with Crippen molar-refractivity contribution in [2.24, 2.45) is 5.73 Å². The van der Waals surface area contributed by atoms with Crippen LogP contribution in [0.4, 0.5) is 0 Å². The van der Waals surface area contributed by atoms with Crippen LogP contribution in [0.5, 0.6) is 0 Å². The normalized spacial score (nSPS) is 20.4. The molecule has 5 rings (SSSR count). The van der Waals surface area contributed by atoms with Crippen LogP contribution in [0.2, 0.25) is 0 Å². The van der Waals surface area contributed by atoms with E-state index in [4.69, 9.17) is 15.7 Å². The highest BCUT2D eigenvalue weighted by Crippen LogP contribution is 2.30. The van der Waals surface area contributed by atoms with Gasteiger partial charge in [-0.25, -0.2) is 9.78 Å². The van der Waals surface area contributed by atoms with Crippen molar-refractivity contribution >= 4 is 5.97 Å². The first-order valence-electron chi connectivity index (χ1n) is 10.7. The van der Waals surface area contributed by atoms with Crippen LogP contribution in [0.25, 0.3) is 5.82 Å². The maximum atomic E-state index is 11.9. The van der Waals surface area contributed by atoms with Crippen LogP contribution < -0.4 is 11.1 Å². The number of esters is 1. The number of benzene rings is 1. The molecule has 2 aromatic heterocycles. The third-order valence-corrected chi connectivity index (χ3v) is 6.24. The number of fused-ring (bicyclic) bond motifs is 1. The van der Waals surface area contributed by atoms with Gasteiger partial charge in [0.2, 0.25) is 0 Å². The van der Waals surface area contributed by atoms with Gasteiger partial charge in [0.1, 0.15) is 12.7 Å². The Kier molecular flexibility index (Phi) is 5.38. The monoisotopic (exact) mass is 444 g/mol. The summed E-state index contributed by atoms with van der Waals surface area (Å²) < 4.78 is 5.19. The third kappa shape index (κ3) is 3.98. The van der Waals surface area contributed by atoms with Crippen LogP contribution in [0.1, 0.15) is 49.9 Å². The molecule has 2 aliphatic rings. The van der Waals surface area contributed by atoms with E-state index < -0.39 is 0 Å². The van der Waals surface area contributed by atoms with Crippen LogP contribution in [0.3, 0.4) is 0 Å². The number of carbonyl (C=O) groups is 1. The fraction of sp³-hybridized carbons (Fsp3) is 0.348. The van der Waals surface area contributed by atoms with E-state index in [0.717, 1.165) is 34.5 Å². The Morgan fingerprint density at radius 3 is 2.94 bits per heavy atom. The number of rotatable bonds is 4. The highest BCUT2D eigenvalue weighted by molar-refractivity contribution is 5.94. The molecule has 168 valence electrons. The zero-order valence-corrected chi connectivity index (χ0v) is 18.4. The molecule has 1 saturated heterocycles. The molecule has 10 heteroatoms. The summed E-state index contributed by atoms with van der Waals surface area (Å²) in [4.78, 5) is 19.9. The maximum Gasteiger partial charge on any atom is 0.338 e. The predicted octanol–water partition coefficient (Wildman–Crippen LogP) is 1.25. The van der Waals surface area contributed by atoms with Gasteiger partial charge in [0.25, 0.3) is 0 Å². The van der Waals surface area contributed by atoms with Crippen LogP contribution >= 0.6 is 0 Å². The number of aryl methyl sites for hydroxylation is 1. The number of carbonyl (C=O) groups excluding carboxylic acids is 1. The maximum absolute atomic E-state index is 11.9. The zero-order chi connectivity index (χ0) is 23.1. The number of pyridine rings is 1. The third-order valence-electron chi connectivity index (χ3n) is 6.24. The van der Waals surface area contributed by atoms with Crippen molar-refractivity contribution in [3.63, 3.8) is 0 Å². The second-order valence-electron chi connectivity index (χ2n) is 8.50. The molecule has 2 aliphatic heterocycles. The summed E-state index contributed by atoms with van der Waals surface area (Å²) in [6, 6.07) is 7.77. The quantitative estimate of drug-likeness (QED) is 0.570. The summed E-state index contributed by atoms with van der Waals surface area (Å²) in [6.07, 6.45) is 3.05. The number of aromatic nitrogens is 4. The fourth-order valence-electron chi connectivity index (χ4n) is 4.51. The summed E-state index contributed by atoms with van der Waals surface area (Å²) in [5, 5.41) is 21.5. The highest BCUT2D eigenvalue weighted by atomic mass is 16.5. The molecule has 3 N–H and O–H groups in total. The Balaban J connectivity index is 1.33. The smallest absolute Gasteiger partial charge is 0.338 e. The first-order valence-corrected chi connectivity index (χ1v) is 10.7. The molecule has 0 amide bonds. The van der Waals surface area contributed by atoms with E-state index in [1.807, 2.05) is 26.0 Å². The van der Waals surface area contributed by atoms with Gasteiger partial charge >= 0.3 is 5.97 Å². The lowest BCUT2D eigenvalue weighted by Crippen LogP contribution is -2.56. The van der Waals surface area contributed by atoms with Crippen LogP contribution in [-0.4, -0.2) is 50.1 Å². The Bertz CT molecular complexity index is 1280. The summed E-state index contributed by atoms with van der Waals surface area (Å²) in [5.41, 5.74) is 12.3. The average Bonchev–Trinajstić information content (AvgIpc) is 3.41. The van der Waals surface area contributed by atoms with Crippen molar-refractivity contribution in [2.75, 3.05) is 13.1 Å². The van der Waals surface area contributed by atoms with E-state index in [-0.39, 0.29) is 18.2 Å². The largest absolute Gasteiger partial charge is 0.457 e. The molecule has 1 aromatic carbocycles. The molecule has 4 heterocycles. The second-order valence-corrected chi connectivity index (χ2v) is 8.50. The molecule has 10 nitrogen and oxygen atoms in total. The Morgan fingerprint density at radius 1 is 1.30 bits per heavy atom. The lowest BCUT2D eigenvalue weighted by molar-refractivity contribution is 0.0535. The summed E-state index contributed by atoms with van der Waals surface area (Å²) in [7, 11) is 0. The Morgan fingerprint density at radius 2 is 2.15 bits per heavy atom. The lowest BCUT2D eigenvalue weighted by Gasteiger charge is -2.38. The number of hydrogen-bond donors (Lipinski definition) is 2. The number of nitriles is 1. The number of nitrogens with two attached hydrogens (primary N) is 1. The van der Waals surface area contributed by atoms with E-state index in [1.165, 1.54) is 11.0 Å². The minimum absolute atomic E-state index is 0.0210. The molecular weight excluding hydrogens is 420 g/mol. The minimum atomic E-state index is -0.260. The summed E-state index contributed by atoms with van der Waals surface area (Å²) in [5.74, 6) is 0.308. The number of hydrogen-bond acceptors (Lipinski definition) is 9. The number of ether oxygens (including phenoxy) is 1. The molecule has 0 aliphatic carbocycles. The van der Waals surface area contributed by atoms with Gasteiger partial charge in [-0.1, -0.05) is 6.07 Å². The number of nitrogens with zero attached hydrogens (tertiary/aromatic N) is 6. The molecule has 0 saturated carbocycles. The first-order chi connectivity index (χ1) is 15.9. The van der Waals surface area contributed by atoms with Crippen molar-refractivity contribution in [2.45, 2.75) is 39.2 Å². The number of piperazine rings is 1. The number of cyclic esters (lactones) is 1. The van der Waals surface area contributed by atoms with Gasteiger partial charge in [-0.3, -0.25) is 10.2 Å². The van der Waals surface area contributed by atoms with E-state index in [1.54, 1.807) is 12.3 Å². The van der Waals surface area contributed by atoms with E-state index >= 15 is 0 Å². The lowest BCUT2D eigenvalue weighted by atomic mass is 9.93. The molecular formula is C23H24N8O2. The van der Waals surface area contributed by atoms with Crippen molar-refractivity contribution in [1.29, 1.82) is 5.26 Å². The van der Waals surface area contributed by atoms with Gasteiger partial charge in [0.05, 0.1) is 29.2 Å². The molecule has 0 bridgehead atoms. The van der Waals surface area contributed by atoms with Crippen molar-refractivity contribution in [3.8, 4) is 11.9 Å². The van der Waals surface area contributed by atoms with E-state index in [9.17, 15) is 4.79 Å². The topological polar surface area (TPSA) is 135 Å². The molecule has 0 radical (unpaired) electrons. The fourth-order valence-corrected chi connectivity index (χ4v) is 4.51. The molecule has 0 spiro atoms. The second kappa shape index (κ2) is 8.37. The van der Waals surface area contributed by atoms with Gasteiger partial charge in [-0.05, 0) is 42.7 Å². The van der Waals surface area contributed by atoms with Gasteiger partial charge in [0, 0.05) is 37.4 Å². The molecule has 33 heavy (non-hydrogen) atoms. The Hall–Kier alpha value is -3.65. The minimum Gasteiger partial charge on any atom is -0.457 e. The summed E-state index contributed by atoms with van der Waals surface area (Å²) >= 11 is 0. The van der Waals surface area contributed by atoms with Gasteiger partial charge in [-0.15, -0.1) is 4.80 Å². The summed E-state index contributed by atoms with van der Waals surface area (Å²) in [6.45, 7) is 6.21. The van der Waals surface area contributed by atoms with Crippen molar-refractivity contribution in [1.82, 2.24) is 30.2 Å². The van der Waals surface area contributed by atoms with Gasteiger partial charge in [0.15, 0.2) is 5.82 Å². The Labute approximate surface area is 191 Å². The van der Waals surface area contributed by atoms with Crippen LogP contribution in [-0.2, 0) is 17.9 Å². The standard InChI is InChI=1S/C23H24N8O2/c1-13-5-22(26-7-15(13)6-24)31-27-8-16(29-31)9-30-10-20(28-21(25)11-30)17-3-4-18-19(14(17)2)12-33-23(18)32/h3-5,7-8,20-21,28H,9-12,25H2,1-2H3/t20-,21+/m0/s1. The predicted molar refractivity (Wildman–Crippen MR) is 118 cm³/mol. The van der Waals surface area contributed by atoms with Crippen LogP contribution in [0, 0.1) is 25.2 Å². The zero-order valence-electron chi connectivity index (χ0n) is 18.4.